The van der Waals surface area contributed by atoms with E-state index in [9.17, 15) is 8.42 Å². The van der Waals surface area contributed by atoms with E-state index in [1.807, 2.05) is 19.1 Å². The van der Waals surface area contributed by atoms with Crippen molar-refractivity contribution in [1.29, 1.82) is 0 Å². The summed E-state index contributed by atoms with van der Waals surface area (Å²) >= 11 is 0. The number of rotatable bonds is 4. The van der Waals surface area contributed by atoms with E-state index in [2.05, 4.69) is 0 Å². The maximum atomic E-state index is 12.6. The average molecular weight is 282 g/mol. The Hall–Kier alpha value is -0.910. The van der Waals surface area contributed by atoms with Gasteiger partial charge in [-0.05, 0) is 50.3 Å². The third-order valence-electron chi connectivity index (χ3n) is 3.86. The molecule has 2 N–H and O–H groups in total. The fourth-order valence-electron chi connectivity index (χ4n) is 2.66. The standard InChI is InChI=1S/C14H22N2O2S/c1-12-4-2-3-5-14(12)19(17,18)16-10-7-13(6-9-15)8-11-16/h2-5,13H,6-11,15H2,1H3. The minimum absolute atomic E-state index is 0.437. The molecule has 1 aliphatic heterocycles. The third-order valence-corrected chi connectivity index (χ3v) is 5.92. The van der Waals surface area contributed by atoms with Crippen molar-refractivity contribution in [1.82, 2.24) is 4.31 Å². The van der Waals surface area contributed by atoms with Gasteiger partial charge in [0.15, 0.2) is 0 Å². The van der Waals surface area contributed by atoms with Gasteiger partial charge in [0.25, 0.3) is 0 Å². The first-order valence-corrected chi connectivity index (χ1v) is 8.25. The van der Waals surface area contributed by atoms with Crippen LogP contribution in [0.25, 0.3) is 0 Å². The summed E-state index contributed by atoms with van der Waals surface area (Å²) in [6.45, 7) is 3.76. The Morgan fingerprint density at radius 1 is 1.26 bits per heavy atom. The molecule has 0 saturated carbocycles. The van der Waals surface area contributed by atoms with Gasteiger partial charge < -0.3 is 5.73 Å². The molecule has 106 valence electrons. The van der Waals surface area contributed by atoms with E-state index in [-0.39, 0.29) is 0 Å². The molecule has 1 aromatic rings. The summed E-state index contributed by atoms with van der Waals surface area (Å²) in [4.78, 5) is 0.437. The number of nitrogens with zero attached hydrogens (tertiary/aromatic N) is 1. The number of sulfonamides is 1. The van der Waals surface area contributed by atoms with Crippen molar-refractivity contribution in [3.63, 3.8) is 0 Å². The first-order chi connectivity index (χ1) is 9.05. The average Bonchev–Trinajstić information content (AvgIpc) is 2.40. The Morgan fingerprint density at radius 2 is 1.89 bits per heavy atom. The van der Waals surface area contributed by atoms with E-state index in [4.69, 9.17) is 5.73 Å². The Kier molecular flexibility index (Phi) is 4.60. The minimum atomic E-state index is -3.33. The summed E-state index contributed by atoms with van der Waals surface area (Å²) in [6, 6.07) is 7.17. The quantitative estimate of drug-likeness (QED) is 0.915. The zero-order valence-electron chi connectivity index (χ0n) is 11.4. The van der Waals surface area contributed by atoms with Crippen molar-refractivity contribution in [2.24, 2.45) is 11.7 Å². The number of hydrogen-bond donors (Lipinski definition) is 1. The molecule has 2 rings (SSSR count). The molecule has 0 aliphatic carbocycles. The molecule has 1 fully saturated rings. The Morgan fingerprint density at radius 3 is 2.47 bits per heavy atom. The number of hydrogen-bond acceptors (Lipinski definition) is 3. The van der Waals surface area contributed by atoms with Gasteiger partial charge in [-0.25, -0.2) is 8.42 Å². The molecular weight excluding hydrogens is 260 g/mol. The highest BCUT2D eigenvalue weighted by Crippen LogP contribution is 2.26. The number of benzene rings is 1. The smallest absolute Gasteiger partial charge is 0.243 e. The maximum Gasteiger partial charge on any atom is 0.243 e. The fraction of sp³-hybridized carbons (Fsp3) is 0.571. The lowest BCUT2D eigenvalue weighted by molar-refractivity contribution is 0.265. The van der Waals surface area contributed by atoms with Crippen molar-refractivity contribution in [3.8, 4) is 0 Å². The summed E-state index contributed by atoms with van der Waals surface area (Å²) in [5.74, 6) is 0.577. The van der Waals surface area contributed by atoms with E-state index in [1.54, 1.807) is 16.4 Å². The summed E-state index contributed by atoms with van der Waals surface area (Å²) in [5.41, 5.74) is 6.37. The molecule has 19 heavy (non-hydrogen) atoms. The molecule has 0 aromatic heterocycles. The van der Waals surface area contributed by atoms with Crippen LogP contribution in [0.15, 0.2) is 29.2 Å². The predicted molar refractivity (Wildman–Crippen MR) is 76.3 cm³/mol. The van der Waals surface area contributed by atoms with E-state index in [0.29, 0.717) is 30.4 Å². The van der Waals surface area contributed by atoms with Gasteiger partial charge in [-0.15, -0.1) is 0 Å². The van der Waals surface area contributed by atoms with Crippen molar-refractivity contribution >= 4 is 10.0 Å². The fourth-order valence-corrected chi connectivity index (χ4v) is 4.35. The van der Waals surface area contributed by atoms with E-state index >= 15 is 0 Å². The van der Waals surface area contributed by atoms with Crippen LogP contribution in [0, 0.1) is 12.8 Å². The van der Waals surface area contributed by atoms with Gasteiger partial charge in [0.05, 0.1) is 4.90 Å². The molecule has 0 bridgehead atoms. The second kappa shape index (κ2) is 6.03. The summed E-state index contributed by atoms with van der Waals surface area (Å²) in [7, 11) is -3.33. The second-order valence-corrected chi connectivity index (χ2v) is 7.10. The molecular formula is C14H22N2O2S. The monoisotopic (exact) mass is 282 g/mol. The number of aryl methyl sites for hydroxylation is 1. The summed E-state index contributed by atoms with van der Waals surface area (Å²) in [5, 5.41) is 0. The van der Waals surface area contributed by atoms with Crippen LogP contribution in [-0.4, -0.2) is 32.4 Å². The predicted octanol–water partition coefficient (Wildman–Crippen LogP) is 1.74. The molecule has 4 nitrogen and oxygen atoms in total. The molecule has 5 heteroatoms. The van der Waals surface area contributed by atoms with Crippen molar-refractivity contribution in [2.75, 3.05) is 19.6 Å². The van der Waals surface area contributed by atoms with Gasteiger partial charge in [-0.2, -0.15) is 4.31 Å². The summed E-state index contributed by atoms with van der Waals surface area (Å²) < 4.78 is 26.8. The van der Waals surface area contributed by atoms with Crippen LogP contribution in [0.2, 0.25) is 0 Å². The van der Waals surface area contributed by atoms with Crippen LogP contribution in [0.4, 0.5) is 0 Å². The van der Waals surface area contributed by atoms with E-state index < -0.39 is 10.0 Å². The van der Waals surface area contributed by atoms with Gasteiger partial charge in [-0.1, -0.05) is 18.2 Å². The highest BCUT2D eigenvalue weighted by molar-refractivity contribution is 7.89. The Bertz CT molecular complexity index is 520. The zero-order valence-corrected chi connectivity index (χ0v) is 12.2. The molecule has 1 saturated heterocycles. The number of piperidine rings is 1. The Labute approximate surface area is 115 Å². The first-order valence-electron chi connectivity index (χ1n) is 6.81. The van der Waals surface area contributed by atoms with Gasteiger partial charge in [0.1, 0.15) is 0 Å². The van der Waals surface area contributed by atoms with Crippen LogP contribution in [0.1, 0.15) is 24.8 Å². The lowest BCUT2D eigenvalue weighted by Crippen LogP contribution is -2.39. The SMILES string of the molecule is Cc1ccccc1S(=O)(=O)N1CCC(CCN)CC1. The molecule has 0 amide bonds. The van der Waals surface area contributed by atoms with Crippen LogP contribution in [0.5, 0.6) is 0 Å². The minimum Gasteiger partial charge on any atom is -0.330 e. The third kappa shape index (κ3) is 3.16. The van der Waals surface area contributed by atoms with Crippen molar-refractivity contribution in [2.45, 2.75) is 31.1 Å². The molecule has 0 unspecified atom stereocenters. The van der Waals surface area contributed by atoms with Crippen LogP contribution in [0.3, 0.4) is 0 Å². The Balaban J connectivity index is 2.12. The van der Waals surface area contributed by atoms with Gasteiger partial charge in [0, 0.05) is 13.1 Å². The highest BCUT2D eigenvalue weighted by Gasteiger charge is 2.29. The lowest BCUT2D eigenvalue weighted by atomic mass is 9.95. The second-order valence-electron chi connectivity index (χ2n) is 5.19. The summed E-state index contributed by atoms with van der Waals surface area (Å²) in [6.07, 6.45) is 2.84. The van der Waals surface area contributed by atoms with Crippen LogP contribution < -0.4 is 5.73 Å². The van der Waals surface area contributed by atoms with Crippen LogP contribution >= 0.6 is 0 Å². The zero-order chi connectivity index (χ0) is 13.9. The molecule has 0 radical (unpaired) electrons. The molecule has 1 aromatic carbocycles. The lowest BCUT2D eigenvalue weighted by Gasteiger charge is -2.31. The first kappa shape index (κ1) is 14.5. The van der Waals surface area contributed by atoms with Crippen LogP contribution in [-0.2, 0) is 10.0 Å². The maximum absolute atomic E-state index is 12.6. The van der Waals surface area contributed by atoms with Crippen molar-refractivity contribution in [3.05, 3.63) is 29.8 Å². The van der Waals surface area contributed by atoms with Gasteiger partial charge in [0.2, 0.25) is 10.0 Å². The van der Waals surface area contributed by atoms with Gasteiger partial charge in [-0.3, -0.25) is 0 Å². The van der Waals surface area contributed by atoms with E-state index in [0.717, 1.165) is 24.8 Å². The normalized spacial score (nSPS) is 18.6. The molecule has 1 heterocycles. The highest BCUT2D eigenvalue weighted by atomic mass is 32.2. The van der Waals surface area contributed by atoms with E-state index in [1.165, 1.54) is 0 Å². The topological polar surface area (TPSA) is 63.4 Å². The molecule has 0 spiro atoms. The largest absolute Gasteiger partial charge is 0.330 e. The van der Waals surface area contributed by atoms with Gasteiger partial charge >= 0.3 is 0 Å². The molecule has 0 atom stereocenters. The number of nitrogens with two attached hydrogens (primary N) is 1. The molecule has 1 aliphatic rings. The van der Waals surface area contributed by atoms with Crippen molar-refractivity contribution < 1.29 is 8.42 Å².